The van der Waals surface area contributed by atoms with Gasteiger partial charge >= 0.3 is 5.69 Å². The molecule has 11 heteroatoms. The monoisotopic (exact) mass is 397 g/mol. The number of nitrogens with zero attached hydrogens (tertiary/aromatic N) is 4. The fourth-order valence-electron chi connectivity index (χ4n) is 3.48. The lowest BCUT2D eigenvalue weighted by Gasteiger charge is -2.27. The summed E-state index contributed by atoms with van der Waals surface area (Å²) in [7, 11) is 2.77. The van der Waals surface area contributed by atoms with Crippen molar-refractivity contribution >= 4 is 5.69 Å². The molecule has 148 valence electrons. The van der Waals surface area contributed by atoms with Crippen LogP contribution in [0.3, 0.4) is 0 Å². The molecule has 0 saturated carbocycles. The van der Waals surface area contributed by atoms with E-state index in [1.54, 1.807) is 6.92 Å². The highest BCUT2D eigenvalue weighted by Crippen LogP contribution is 2.42. The SMILES string of the molecule is Cc1nc2c(c(=O)[nH]1)C(c1ccc([N+](=O)[O-])cc1)c1c(n(C)c(=O)n(C)c1=O)O2. The molecule has 2 aromatic heterocycles. The number of aromatic nitrogens is 4. The summed E-state index contributed by atoms with van der Waals surface area (Å²) < 4.78 is 7.79. The normalized spacial score (nSPS) is 14.7. The first kappa shape index (κ1) is 18.3. The van der Waals surface area contributed by atoms with Crippen LogP contribution in [0, 0.1) is 17.0 Å². The predicted octanol–water partition coefficient (Wildman–Crippen LogP) is 0.670. The van der Waals surface area contributed by atoms with E-state index in [4.69, 9.17) is 4.74 Å². The van der Waals surface area contributed by atoms with Gasteiger partial charge in [0.1, 0.15) is 5.82 Å². The van der Waals surface area contributed by atoms with E-state index < -0.39 is 27.6 Å². The summed E-state index contributed by atoms with van der Waals surface area (Å²) in [5.41, 5.74) is -1.24. The molecule has 3 heterocycles. The lowest BCUT2D eigenvalue weighted by atomic mass is 9.85. The second-order valence-electron chi connectivity index (χ2n) is 6.68. The maximum atomic E-state index is 13.0. The first-order valence-electron chi connectivity index (χ1n) is 8.53. The van der Waals surface area contributed by atoms with Crippen LogP contribution in [0.2, 0.25) is 0 Å². The minimum absolute atomic E-state index is 0.0218. The van der Waals surface area contributed by atoms with Crippen LogP contribution in [0.25, 0.3) is 0 Å². The van der Waals surface area contributed by atoms with Crippen LogP contribution in [0.15, 0.2) is 38.6 Å². The number of H-pyrrole nitrogens is 1. The van der Waals surface area contributed by atoms with Crippen LogP contribution in [-0.2, 0) is 14.1 Å². The van der Waals surface area contributed by atoms with Crippen molar-refractivity contribution in [3.05, 3.63) is 88.1 Å². The largest absolute Gasteiger partial charge is 0.421 e. The summed E-state index contributed by atoms with van der Waals surface area (Å²) in [6, 6.07) is 5.50. The molecule has 1 aromatic carbocycles. The van der Waals surface area contributed by atoms with Crippen molar-refractivity contribution in [2.45, 2.75) is 12.8 Å². The molecule has 0 bridgehead atoms. The fraction of sp³-hybridized carbons (Fsp3) is 0.222. The van der Waals surface area contributed by atoms with E-state index in [-0.39, 0.29) is 28.6 Å². The second kappa shape index (κ2) is 6.26. The van der Waals surface area contributed by atoms with Gasteiger partial charge in [-0.3, -0.25) is 28.8 Å². The molecule has 0 aliphatic carbocycles. The molecule has 11 nitrogen and oxygen atoms in total. The molecule has 1 aliphatic rings. The lowest BCUT2D eigenvalue weighted by Crippen LogP contribution is -2.42. The number of fused-ring (bicyclic) bond motifs is 2. The van der Waals surface area contributed by atoms with Crippen molar-refractivity contribution in [3.8, 4) is 11.8 Å². The molecule has 29 heavy (non-hydrogen) atoms. The minimum Gasteiger partial charge on any atom is -0.421 e. The third kappa shape index (κ3) is 2.66. The van der Waals surface area contributed by atoms with Crippen molar-refractivity contribution in [3.63, 3.8) is 0 Å². The smallest absolute Gasteiger partial charge is 0.333 e. The first-order chi connectivity index (χ1) is 13.7. The Morgan fingerprint density at radius 1 is 1.10 bits per heavy atom. The summed E-state index contributed by atoms with van der Waals surface area (Å²) in [6.45, 7) is 1.57. The second-order valence-corrected chi connectivity index (χ2v) is 6.68. The topological polar surface area (TPSA) is 142 Å². The van der Waals surface area contributed by atoms with Gasteiger partial charge in [0.25, 0.3) is 16.8 Å². The Bertz CT molecular complexity index is 1350. The van der Waals surface area contributed by atoms with Gasteiger partial charge in [0.05, 0.1) is 22.0 Å². The summed E-state index contributed by atoms with van der Waals surface area (Å²) in [5.74, 6) is -0.665. The van der Waals surface area contributed by atoms with Crippen molar-refractivity contribution in [1.29, 1.82) is 0 Å². The summed E-state index contributed by atoms with van der Waals surface area (Å²) in [6.07, 6.45) is 0. The van der Waals surface area contributed by atoms with Gasteiger partial charge in [-0.25, -0.2) is 4.79 Å². The highest BCUT2D eigenvalue weighted by atomic mass is 16.6. The number of hydrogen-bond acceptors (Lipinski definition) is 7. The number of nitro benzene ring substituents is 1. The Balaban J connectivity index is 2.10. The molecule has 1 aliphatic heterocycles. The highest BCUT2D eigenvalue weighted by molar-refractivity contribution is 5.54. The molecule has 0 amide bonds. The fourth-order valence-corrected chi connectivity index (χ4v) is 3.48. The van der Waals surface area contributed by atoms with E-state index in [1.165, 1.54) is 38.4 Å². The molecule has 0 saturated heterocycles. The maximum absolute atomic E-state index is 13.0. The summed E-state index contributed by atoms with van der Waals surface area (Å²) in [4.78, 5) is 55.3. The van der Waals surface area contributed by atoms with Crippen molar-refractivity contribution in [2.24, 2.45) is 14.1 Å². The van der Waals surface area contributed by atoms with Crippen molar-refractivity contribution in [1.82, 2.24) is 19.1 Å². The third-order valence-electron chi connectivity index (χ3n) is 4.89. The van der Waals surface area contributed by atoms with E-state index in [9.17, 15) is 24.5 Å². The van der Waals surface area contributed by atoms with Crippen molar-refractivity contribution < 1.29 is 9.66 Å². The van der Waals surface area contributed by atoms with Gasteiger partial charge in [0, 0.05) is 26.2 Å². The van der Waals surface area contributed by atoms with E-state index in [2.05, 4.69) is 9.97 Å². The van der Waals surface area contributed by atoms with Gasteiger partial charge in [-0.15, -0.1) is 0 Å². The molecule has 1 atom stereocenters. The molecule has 0 fully saturated rings. The Morgan fingerprint density at radius 2 is 1.76 bits per heavy atom. The average molecular weight is 397 g/mol. The number of hydrogen-bond donors (Lipinski definition) is 1. The highest BCUT2D eigenvalue weighted by Gasteiger charge is 2.37. The Morgan fingerprint density at radius 3 is 2.38 bits per heavy atom. The molecular formula is C18H15N5O6. The van der Waals surface area contributed by atoms with Gasteiger partial charge in [-0.1, -0.05) is 12.1 Å². The van der Waals surface area contributed by atoms with Gasteiger partial charge in [-0.05, 0) is 12.5 Å². The number of nitro groups is 1. The van der Waals surface area contributed by atoms with Crippen LogP contribution in [0.4, 0.5) is 5.69 Å². The average Bonchev–Trinajstić information content (AvgIpc) is 2.69. The molecule has 1 N–H and O–H groups in total. The zero-order chi connectivity index (χ0) is 21.0. The Hall–Kier alpha value is -4.02. The van der Waals surface area contributed by atoms with Gasteiger partial charge in [-0.2, -0.15) is 4.98 Å². The molecule has 1 unspecified atom stereocenters. The van der Waals surface area contributed by atoms with Crippen LogP contribution < -0.4 is 21.5 Å². The van der Waals surface area contributed by atoms with E-state index >= 15 is 0 Å². The number of aryl methyl sites for hydroxylation is 1. The van der Waals surface area contributed by atoms with E-state index in [0.717, 1.165) is 9.13 Å². The number of ether oxygens (including phenoxy) is 1. The summed E-state index contributed by atoms with van der Waals surface area (Å²) in [5, 5.41) is 11.0. The number of nitrogens with one attached hydrogen (secondary N) is 1. The molecule has 4 rings (SSSR count). The quantitative estimate of drug-likeness (QED) is 0.387. The zero-order valence-electron chi connectivity index (χ0n) is 15.6. The Labute approximate surface area is 162 Å². The van der Waals surface area contributed by atoms with Gasteiger partial charge < -0.3 is 9.72 Å². The lowest BCUT2D eigenvalue weighted by molar-refractivity contribution is -0.384. The minimum atomic E-state index is -0.920. The standard InChI is InChI=1S/C18H15N5O6/c1-8-19-14(24)12-11(9-4-6-10(7-5-9)23(27)28)13-16(25)21(2)18(26)22(3)17(13)29-15(12)20-8/h4-7,11H,1-3H3,(H,19,20,24). The van der Waals surface area contributed by atoms with Crippen LogP contribution in [0.1, 0.15) is 28.4 Å². The number of aromatic amines is 1. The van der Waals surface area contributed by atoms with Crippen LogP contribution in [0.5, 0.6) is 11.8 Å². The van der Waals surface area contributed by atoms with Crippen molar-refractivity contribution in [2.75, 3.05) is 0 Å². The maximum Gasteiger partial charge on any atom is 0.333 e. The van der Waals surface area contributed by atoms with Crippen LogP contribution >= 0.6 is 0 Å². The predicted molar refractivity (Wildman–Crippen MR) is 101 cm³/mol. The van der Waals surface area contributed by atoms with Gasteiger partial charge in [0.15, 0.2) is 0 Å². The van der Waals surface area contributed by atoms with Gasteiger partial charge in [0.2, 0.25) is 11.8 Å². The number of non-ortho nitro benzene ring substituents is 1. The van der Waals surface area contributed by atoms with E-state index in [0.29, 0.717) is 11.4 Å². The molecule has 0 spiro atoms. The Kier molecular flexibility index (Phi) is 3.96. The number of rotatable bonds is 2. The first-order valence-corrected chi connectivity index (χ1v) is 8.53. The van der Waals surface area contributed by atoms with Crippen LogP contribution in [-0.4, -0.2) is 24.0 Å². The number of benzene rings is 1. The third-order valence-corrected chi connectivity index (χ3v) is 4.89. The summed E-state index contributed by atoms with van der Waals surface area (Å²) >= 11 is 0. The molecule has 3 aromatic rings. The zero-order valence-corrected chi connectivity index (χ0v) is 15.6. The molecular weight excluding hydrogens is 382 g/mol. The van der Waals surface area contributed by atoms with E-state index in [1.807, 2.05) is 0 Å². The molecule has 0 radical (unpaired) electrons.